The fraction of sp³-hybridized carbons (Fsp3) is 0.176. The number of hydrogen-bond donors (Lipinski definition) is 2. The molecule has 0 aliphatic carbocycles. The molecule has 0 aliphatic heterocycles. The second-order valence-corrected chi connectivity index (χ2v) is 6.15. The Morgan fingerprint density at radius 3 is 2.74 bits per heavy atom. The smallest absolute Gasteiger partial charge is 0.253 e. The summed E-state index contributed by atoms with van der Waals surface area (Å²) in [5.74, 6) is 0.232. The average Bonchev–Trinajstić information content (AvgIpc) is 2.57. The molecule has 2 N–H and O–H groups in total. The largest absolute Gasteiger partial charge is 0.504 e. The summed E-state index contributed by atoms with van der Waals surface area (Å²) in [5, 5.41) is 13.2. The molecule has 120 valence electrons. The number of phenolic OH excluding ortho intramolecular Hbond substituents is 1. The van der Waals surface area contributed by atoms with Crippen LogP contribution in [0.2, 0.25) is 0 Å². The molecule has 5 nitrogen and oxygen atoms in total. The van der Waals surface area contributed by atoms with Gasteiger partial charge in [-0.3, -0.25) is 4.79 Å². The molecular formula is C17H18N2O3S. The summed E-state index contributed by atoms with van der Waals surface area (Å²) in [6.45, 7) is 1.83. The minimum atomic E-state index is -0.260. The van der Waals surface area contributed by atoms with Crippen LogP contribution in [0.1, 0.15) is 12.5 Å². The first-order valence-electron chi connectivity index (χ1n) is 7.02. The van der Waals surface area contributed by atoms with Crippen LogP contribution in [-0.2, 0) is 4.79 Å². The molecule has 1 atom stereocenters. The van der Waals surface area contributed by atoms with Crippen molar-refractivity contribution < 1.29 is 14.6 Å². The van der Waals surface area contributed by atoms with Gasteiger partial charge in [-0.15, -0.1) is 11.8 Å². The maximum atomic E-state index is 12.0. The zero-order valence-electron chi connectivity index (χ0n) is 12.9. The van der Waals surface area contributed by atoms with Gasteiger partial charge < -0.3 is 9.84 Å². The monoisotopic (exact) mass is 330 g/mol. The molecular weight excluding hydrogens is 312 g/mol. The molecule has 0 bridgehead atoms. The van der Waals surface area contributed by atoms with Crippen molar-refractivity contribution in [1.82, 2.24) is 5.43 Å². The van der Waals surface area contributed by atoms with Gasteiger partial charge in [-0.05, 0) is 42.8 Å². The summed E-state index contributed by atoms with van der Waals surface area (Å²) in [4.78, 5) is 13.0. The van der Waals surface area contributed by atoms with Gasteiger partial charge in [-0.2, -0.15) is 5.10 Å². The van der Waals surface area contributed by atoms with E-state index >= 15 is 0 Å². The molecule has 23 heavy (non-hydrogen) atoms. The van der Waals surface area contributed by atoms with Gasteiger partial charge in [0.15, 0.2) is 11.5 Å². The van der Waals surface area contributed by atoms with Crippen LogP contribution in [0.3, 0.4) is 0 Å². The highest BCUT2D eigenvalue weighted by molar-refractivity contribution is 8.00. The Balaban J connectivity index is 1.90. The van der Waals surface area contributed by atoms with Crippen LogP contribution in [0, 0.1) is 0 Å². The van der Waals surface area contributed by atoms with E-state index in [2.05, 4.69) is 10.5 Å². The van der Waals surface area contributed by atoms with Gasteiger partial charge in [0.1, 0.15) is 0 Å². The van der Waals surface area contributed by atoms with E-state index in [0.717, 1.165) is 4.90 Å². The maximum Gasteiger partial charge on any atom is 0.253 e. The summed E-state index contributed by atoms with van der Waals surface area (Å²) in [5.41, 5.74) is 3.22. The Kier molecular flexibility index (Phi) is 6.05. The lowest BCUT2D eigenvalue weighted by Gasteiger charge is -2.09. The summed E-state index contributed by atoms with van der Waals surface area (Å²) < 4.78 is 5.02. The van der Waals surface area contributed by atoms with Crippen LogP contribution in [0.5, 0.6) is 11.5 Å². The van der Waals surface area contributed by atoms with Gasteiger partial charge in [-0.25, -0.2) is 5.43 Å². The molecule has 0 spiro atoms. The van der Waals surface area contributed by atoms with Crippen molar-refractivity contribution in [2.24, 2.45) is 5.10 Å². The van der Waals surface area contributed by atoms with Gasteiger partial charge >= 0.3 is 0 Å². The highest BCUT2D eigenvalue weighted by atomic mass is 32.2. The van der Waals surface area contributed by atoms with Crippen LogP contribution in [0.25, 0.3) is 0 Å². The summed E-state index contributed by atoms with van der Waals surface area (Å²) in [6, 6.07) is 14.5. The van der Waals surface area contributed by atoms with Gasteiger partial charge in [-0.1, -0.05) is 18.2 Å². The van der Waals surface area contributed by atoms with Gasteiger partial charge in [0.05, 0.1) is 18.6 Å². The van der Waals surface area contributed by atoms with Gasteiger partial charge in [0.2, 0.25) is 0 Å². The van der Waals surface area contributed by atoms with E-state index in [-0.39, 0.29) is 16.9 Å². The topological polar surface area (TPSA) is 70.9 Å². The van der Waals surface area contributed by atoms with Crippen molar-refractivity contribution in [3.8, 4) is 11.5 Å². The highest BCUT2D eigenvalue weighted by Crippen LogP contribution is 2.25. The van der Waals surface area contributed by atoms with E-state index in [1.54, 1.807) is 12.1 Å². The average molecular weight is 330 g/mol. The zero-order chi connectivity index (χ0) is 16.7. The lowest BCUT2D eigenvalue weighted by molar-refractivity contribution is -0.120. The van der Waals surface area contributed by atoms with E-state index in [1.807, 2.05) is 37.3 Å². The first-order valence-corrected chi connectivity index (χ1v) is 7.89. The molecule has 0 aromatic heterocycles. The van der Waals surface area contributed by atoms with Crippen LogP contribution in [0.4, 0.5) is 0 Å². The van der Waals surface area contributed by atoms with Crippen LogP contribution < -0.4 is 10.2 Å². The molecule has 1 amide bonds. The first kappa shape index (κ1) is 16.9. The normalized spacial score (nSPS) is 12.1. The molecule has 0 saturated heterocycles. The van der Waals surface area contributed by atoms with Gasteiger partial charge in [0.25, 0.3) is 5.91 Å². The minimum Gasteiger partial charge on any atom is -0.504 e. The number of carbonyl (C=O) groups is 1. The number of nitrogens with zero attached hydrogens (tertiary/aromatic N) is 1. The SMILES string of the molecule is COc1cc(/C=N/NC(=O)[C@@H](C)Sc2ccccc2)ccc1O. The second-order valence-electron chi connectivity index (χ2n) is 4.74. The summed E-state index contributed by atoms with van der Waals surface area (Å²) in [7, 11) is 1.47. The number of methoxy groups -OCH3 is 1. The Labute approximate surface area is 139 Å². The third kappa shape index (κ3) is 5.03. The van der Waals surface area contributed by atoms with Crippen LogP contribution >= 0.6 is 11.8 Å². The molecule has 2 aromatic rings. The molecule has 6 heteroatoms. The van der Waals surface area contributed by atoms with Crippen molar-refractivity contribution >= 4 is 23.9 Å². The van der Waals surface area contributed by atoms with E-state index in [1.165, 1.54) is 31.2 Å². The lowest BCUT2D eigenvalue weighted by atomic mass is 10.2. The van der Waals surface area contributed by atoms with E-state index in [9.17, 15) is 9.90 Å². The molecule has 0 heterocycles. The quantitative estimate of drug-likeness (QED) is 0.485. The zero-order valence-corrected chi connectivity index (χ0v) is 13.7. The van der Waals surface area contributed by atoms with Crippen molar-refractivity contribution in [2.45, 2.75) is 17.1 Å². The lowest BCUT2D eigenvalue weighted by Crippen LogP contribution is -2.26. The Hall–Kier alpha value is -2.47. The van der Waals surface area contributed by atoms with Crippen molar-refractivity contribution in [1.29, 1.82) is 0 Å². The van der Waals surface area contributed by atoms with Crippen molar-refractivity contribution in [3.63, 3.8) is 0 Å². The summed E-state index contributed by atoms with van der Waals surface area (Å²) in [6.07, 6.45) is 1.50. The number of ether oxygens (including phenoxy) is 1. The van der Waals surface area contributed by atoms with Gasteiger partial charge in [0, 0.05) is 4.90 Å². The number of hydrogen-bond acceptors (Lipinski definition) is 5. The van der Waals surface area contributed by atoms with E-state index in [4.69, 9.17) is 4.74 Å². The number of thioether (sulfide) groups is 1. The number of nitrogens with one attached hydrogen (secondary N) is 1. The van der Waals surface area contributed by atoms with E-state index < -0.39 is 0 Å². The molecule has 2 aromatic carbocycles. The number of aromatic hydroxyl groups is 1. The second kappa shape index (κ2) is 8.24. The fourth-order valence-electron chi connectivity index (χ4n) is 1.79. The molecule has 0 unspecified atom stereocenters. The summed E-state index contributed by atoms with van der Waals surface area (Å²) >= 11 is 1.47. The number of benzene rings is 2. The maximum absolute atomic E-state index is 12.0. The third-order valence-corrected chi connectivity index (χ3v) is 4.13. The molecule has 2 rings (SSSR count). The number of hydrazone groups is 1. The first-order chi connectivity index (χ1) is 11.1. The van der Waals surface area contributed by atoms with Crippen LogP contribution in [0.15, 0.2) is 58.5 Å². The number of amides is 1. The minimum absolute atomic E-state index is 0.0570. The van der Waals surface area contributed by atoms with Crippen LogP contribution in [-0.4, -0.2) is 29.6 Å². The van der Waals surface area contributed by atoms with Crippen molar-refractivity contribution in [3.05, 3.63) is 54.1 Å². The fourth-order valence-corrected chi connectivity index (χ4v) is 2.67. The third-order valence-electron chi connectivity index (χ3n) is 3.02. The number of phenols is 1. The number of carbonyl (C=O) groups excluding carboxylic acids is 1. The molecule has 0 saturated carbocycles. The Morgan fingerprint density at radius 2 is 2.04 bits per heavy atom. The predicted molar refractivity (Wildman–Crippen MR) is 92.2 cm³/mol. The Morgan fingerprint density at radius 1 is 1.30 bits per heavy atom. The molecule has 0 fully saturated rings. The number of rotatable bonds is 6. The standard InChI is InChI=1S/C17H18N2O3S/c1-12(23-14-6-4-3-5-7-14)17(21)19-18-11-13-8-9-15(20)16(10-13)22-2/h3-12,20H,1-2H3,(H,19,21)/b18-11+/t12-/m1/s1. The highest BCUT2D eigenvalue weighted by Gasteiger charge is 2.13. The predicted octanol–water partition coefficient (Wildman–Crippen LogP) is 3.03. The molecule has 0 radical (unpaired) electrons. The van der Waals surface area contributed by atoms with Crippen molar-refractivity contribution in [2.75, 3.05) is 7.11 Å². The Bertz CT molecular complexity index is 689. The molecule has 0 aliphatic rings. The van der Waals surface area contributed by atoms with E-state index in [0.29, 0.717) is 11.3 Å².